The van der Waals surface area contributed by atoms with E-state index in [0.29, 0.717) is 23.0 Å². The molecule has 0 saturated carbocycles. The lowest BCUT2D eigenvalue weighted by Crippen LogP contribution is -2.15. The predicted octanol–water partition coefficient (Wildman–Crippen LogP) is 5.30. The zero-order chi connectivity index (χ0) is 16.3. The van der Waals surface area contributed by atoms with E-state index in [1.54, 1.807) is 12.1 Å². The standard InChI is InChI=1S/C16H14Cl2F3N/c17-14-3-1-2-13(15(14)18)11(9-22)8-10-4-6-12(7-5-10)16(19,20)21/h1-7,11H,8-9,22H2. The van der Waals surface area contributed by atoms with E-state index in [9.17, 15) is 13.2 Å². The van der Waals surface area contributed by atoms with Crippen LogP contribution in [0.3, 0.4) is 0 Å². The number of hydrogen-bond acceptors (Lipinski definition) is 1. The molecular weight excluding hydrogens is 334 g/mol. The van der Waals surface area contributed by atoms with Gasteiger partial charge < -0.3 is 5.73 Å². The maximum Gasteiger partial charge on any atom is 0.416 e. The first kappa shape index (κ1) is 17.1. The van der Waals surface area contributed by atoms with E-state index in [1.807, 2.05) is 6.07 Å². The molecule has 22 heavy (non-hydrogen) atoms. The molecule has 0 amide bonds. The van der Waals surface area contributed by atoms with Crippen LogP contribution in [0, 0.1) is 0 Å². The molecule has 1 nitrogen and oxygen atoms in total. The lowest BCUT2D eigenvalue weighted by Gasteiger charge is -2.18. The Kier molecular flexibility index (Phi) is 5.37. The fourth-order valence-corrected chi connectivity index (χ4v) is 2.73. The highest BCUT2D eigenvalue weighted by molar-refractivity contribution is 6.42. The molecule has 0 bridgehead atoms. The third-order valence-corrected chi connectivity index (χ3v) is 4.30. The quantitative estimate of drug-likeness (QED) is 0.798. The van der Waals surface area contributed by atoms with E-state index in [1.165, 1.54) is 12.1 Å². The SMILES string of the molecule is NCC(Cc1ccc(C(F)(F)F)cc1)c1cccc(Cl)c1Cl. The Morgan fingerprint density at radius 3 is 2.18 bits per heavy atom. The lowest BCUT2D eigenvalue weighted by molar-refractivity contribution is -0.137. The van der Waals surface area contributed by atoms with Crippen LogP contribution in [-0.2, 0) is 12.6 Å². The average molecular weight is 348 g/mol. The largest absolute Gasteiger partial charge is 0.416 e. The Morgan fingerprint density at radius 1 is 1.00 bits per heavy atom. The van der Waals surface area contributed by atoms with Gasteiger partial charge in [0, 0.05) is 5.92 Å². The second-order valence-electron chi connectivity index (χ2n) is 4.97. The van der Waals surface area contributed by atoms with Gasteiger partial charge in [-0.05, 0) is 42.3 Å². The Balaban J connectivity index is 2.22. The van der Waals surface area contributed by atoms with Gasteiger partial charge in [-0.1, -0.05) is 47.5 Å². The smallest absolute Gasteiger partial charge is 0.330 e. The van der Waals surface area contributed by atoms with Crippen molar-refractivity contribution < 1.29 is 13.2 Å². The van der Waals surface area contributed by atoms with Gasteiger partial charge >= 0.3 is 6.18 Å². The molecule has 2 N–H and O–H groups in total. The molecule has 6 heteroatoms. The highest BCUT2D eigenvalue weighted by Gasteiger charge is 2.30. The summed E-state index contributed by atoms with van der Waals surface area (Å²) in [7, 11) is 0. The zero-order valence-electron chi connectivity index (χ0n) is 11.5. The van der Waals surface area contributed by atoms with Crippen molar-refractivity contribution in [2.24, 2.45) is 5.73 Å². The first-order valence-corrected chi connectivity index (χ1v) is 7.38. The molecule has 1 unspecified atom stereocenters. The van der Waals surface area contributed by atoms with E-state index in [0.717, 1.165) is 23.3 Å². The monoisotopic (exact) mass is 347 g/mol. The Labute approximate surface area is 136 Å². The van der Waals surface area contributed by atoms with Crippen LogP contribution in [0.4, 0.5) is 13.2 Å². The first-order valence-electron chi connectivity index (χ1n) is 6.63. The molecule has 2 rings (SSSR count). The molecular formula is C16H14Cl2F3N. The average Bonchev–Trinajstić information content (AvgIpc) is 2.47. The number of halogens is 5. The van der Waals surface area contributed by atoms with Gasteiger partial charge in [0.05, 0.1) is 15.6 Å². The van der Waals surface area contributed by atoms with Crippen molar-refractivity contribution in [2.75, 3.05) is 6.54 Å². The maximum absolute atomic E-state index is 12.6. The Bertz CT molecular complexity index is 639. The molecule has 0 aliphatic heterocycles. The molecule has 0 aliphatic rings. The van der Waals surface area contributed by atoms with Gasteiger partial charge in [0.15, 0.2) is 0 Å². The third-order valence-electron chi connectivity index (χ3n) is 3.47. The van der Waals surface area contributed by atoms with E-state index in [2.05, 4.69) is 0 Å². The van der Waals surface area contributed by atoms with Crippen LogP contribution in [0.2, 0.25) is 10.0 Å². The molecule has 0 heterocycles. The minimum Gasteiger partial charge on any atom is -0.330 e. The number of benzene rings is 2. The van der Waals surface area contributed by atoms with Gasteiger partial charge in [0.25, 0.3) is 0 Å². The third kappa shape index (κ3) is 3.94. The number of hydrogen-bond donors (Lipinski definition) is 1. The number of rotatable bonds is 4. The number of nitrogens with two attached hydrogens (primary N) is 1. The van der Waals surface area contributed by atoms with Crippen molar-refractivity contribution in [1.29, 1.82) is 0 Å². The molecule has 0 spiro atoms. The lowest BCUT2D eigenvalue weighted by atomic mass is 9.91. The van der Waals surface area contributed by atoms with Crippen LogP contribution in [0.25, 0.3) is 0 Å². The predicted molar refractivity (Wildman–Crippen MR) is 83.4 cm³/mol. The van der Waals surface area contributed by atoms with Crippen LogP contribution in [0.1, 0.15) is 22.6 Å². The zero-order valence-corrected chi connectivity index (χ0v) is 13.0. The van der Waals surface area contributed by atoms with Crippen LogP contribution in [0.5, 0.6) is 0 Å². The Hall–Kier alpha value is -1.23. The molecule has 0 saturated heterocycles. The molecule has 2 aromatic carbocycles. The minimum atomic E-state index is -4.33. The summed E-state index contributed by atoms with van der Waals surface area (Å²) in [4.78, 5) is 0. The van der Waals surface area contributed by atoms with Crippen molar-refractivity contribution in [2.45, 2.75) is 18.5 Å². The van der Waals surface area contributed by atoms with Gasteiger partial charge in [-0.3, -0.25) is 0 Å². The summed E-state index contributed by atoms with van der Waals surface area (Å²) in [5, 5.41) is 0.872. The molecule has 0 radical (unpaired) electrons. The van der Waals surface area contributed by atoms with Crippen molar-refractivity contribution >= 4 is 23.2 Å². The van der Waals surface area contributed by atoms with E-state index < -0.39 is 11.7 Å². The van der Waals surface area contributed by atoms with Gasteiger partial charge in [-0.25, -0.2) is 0 Å². The molecule has 0 fully saturated rings. The van der Waals surface area contributed by atoms with Crippen molar-refractivity contribution in [3.05, 3.63) is 69.2 Å². The first-order chi connectivity index (χ1) is 10.3. The van der Waals surface area contributed by atoms with Crippen LogP contribution >= 0.6 is 23.2 Å². The molecule has 0 aliphatic carbocycles. The maximum atomic E-state index is 12.6. The van der Waals surface area contributed by atoms with Crippen LogP contribution in [0.15, 0.2) is 42.5 Å². The van der Waals surface area contributed by atoms with Crippen molar-refractivity contribution in [3.63, 3.8) is 0 Å². The highest BCUT2D eigenvalue weighted by Crippen LogP contribution is 2.33. The summed E-state index contributed by atoms with van der Waals surface area (Å²) in [5.41, 5.74) is 6.69. The fourth-order valence-electron chi connectivity index (χ4n) is 2.27. The Morgan fingerprint density at radius 2 is 1.64 bits per heavy atom. The normalized spacial score (nSPS) is 13.2. The minimum absolute atomic E-state index is 0.108. The highest BCUT2D eigenvalue weighted by atomic mass is 35.5. The molecule has 1 atom stereocenters. The van der Waals surface area contributed by atoms with Crippen molar-refractivity contribution in [1.82, 2.24) is 0 Å². The summed E-state index contributed by atoms with van der Waals surface area (Å²) in [6.45, 7) is 0.321. The van der Waals surface area contributed by atoms with E-state index in [4.69, 9.17) is 28.9 Å². The number of alkyl halides is 3. The van der Waals surface area contributed by atoms with Crippen molar-refractivity contribution in [3.8, 4) is 0 Å². The van der Waals surface area contributed by atoms with Gasteiger partial charge in [-0.2, -0.15) is 13.2 Å². The van der Waals surface area contributed by atoms with Gasteiger partial charge in [-0.15, -0.1) is 0 Å². The van der Waals surface area contributed by atoms with Crippen LogP contribution in [-0.4, -0.2) is 6.54 Å². The van der Waals surface area contributed by atoms with E-state index in [-0.39, 0.29) is 5.92 Å². The fraction of sp³-hybridized carbons (Fsp3) is 0.250. The summed E-state index contributed by atoms with van der Waals surface area (Å²) >= 11 is 12.2. The summed E-state index contributed by atoms with van der Waals surface area (Å²) in [6.07, 6.45) is -3.84. The summed E-state index contributed by atoms with van der Waals surface area (Å²) in [6, 6.07) is 10.4. The molecule has 2 aromatic rings. The summed E-state index contributed by atoms with van der Waals surface area (Å²) in [5.74, 6) is -0.108. The van der Waals surface area contributed by atoms with Gasteiger partial charge in [0.1, 0.15) is 0 Å². The van der Waals surface area contributed by atoms with Crippen LogP contribution < -0.4 is 5.73 Å². The molecule has 0 aromatic heterocycles. The van der Waals surface area contributed by atoms with E-state index >= 15 is 0 Å². The topological polar surface area (TPSA) is 26.0 Å². The summed E-state index contributed by atoms with van der Waals surface area (Å²) < 4.78 is 37.7. The second-order valence-corrected chi connectivity index (χ2v) is 5.76. The molecule has 118 valence electrons. The second kappa shape index (κ2) is 6.90. The van der Waals surface area contributed by atoms with Gasteiger partial charge in [0.2, 0.25) is 0 Å².